The van der Waals surface area contributed by atoms with Crippen molar-refractivity contribution in [2.45, 2.75) is 89.2 Å². The van der Waals surface area contributed by atoms with E-state index in [0.717, 1.165) is 69.6 Å². The maximum Gasteiger partial charge on any atom is 0.573 e. The van der Waals surface area contributed by atoms with Crippen molar-refractivity contribution in [1.29, 1.82) is 0 Å². The van der Waals surface area contributed by atoms with E-state index in [1.807, 2.05) is 6.92 Å². The Hall–Kier alpha value is -2.75. The van der Waals surface area contributed by atoms with Gasteiger partial charge in [-0.25, -0.2) is 4.39 Å². The van der Waals surface area contributed by atoms with Gasteiger partial charge in [0.2, 0.25) is 0 Å². The number of nitrogens with zero attached hydrogens (tertiary/aromatic N) is 1. The zero-order chi connectivity index (χ0) is 28.0. The predicted octanol–water partition coefficient (Wildman–Crippen LogP) is 8.82. The molecule has 1 atom stereocenters. The average molecular weight is 558 g/mol. The van der Waals surface area contributed by atoms with Crippen LogP contribution in [0, 0.1) is 11.7 Å². The second-order valence-electron chi connectivity index (χ2n) is 10.2. The van der Waals surface area contributed by atoms with Gasteiger partial charge in [0.1, 0.15) is 5.75 Å². The zero-order valence-electron chi connectivity index (χ0n) is 21.8. The highest BCUT2D eigenvalue weighted by atomic mass is 19.4. The van der Waals surface area contributed by atoms with Gasteiger partial charge < -0.3 is 14.2 Å². The molecule has 1 heterocycles. The van der Waals surface area contributed by atoms with Crippen LogP contribution < -0.4 is 9.47 Å². The summed E-state index contributed by atoms with van der Waals surface area (Å²) in [5.74, 6) is -2.38. The molecule has 0 spiro atoms. The summed E-state index contributed by atoms with van der Waals surface area (Å²) < 4.78 is 93.7. The Labute approximate surface area is 224 Å². The second-order valence-corrected chi connectivity index (χ2v) is 10.2. The van der Waals surface area contributed by atoms with Crippen LogP contribution in [0.5, 0.6) is 11.5 Å². The molecule has 0 amide bonds. The van der Waals surface area contributed by atoms with E-state index in [9.17, 15) is 26.3 Å². The minimum atomic E-state index is -5.11. The van der Waals surface area contributed by atoms with Crippen LogP contribution in [0.3, 0.4) is 0 Å². The lowest BCUT2D eigenvalue weighted by atomic mass is 9.77. The molecule has 1 saturated carbocycles. The molecule has 1 unspecified atom stereocenters. The minimum Gasteiger partial charge on any atom is -0.428 e. The van der Waals surface area contributed by atoms with Crippen LogP contribution in [0.25, 0.3) is 0 Å². The topological polar surface area (TPSA) is 40.6 Å². The van der Waals surface area contributed by atoms with Gasteiger partial charge in [-0.3, -0.25) is 4.98 Å². The molecule has 2 aromatic rings. The van der Waals surface area contributed by atoms with E-state index in [-0.39, 0.29) is 5.92 Å². The third-order valence-electron chi connectivity index (χ3n) is 7.51. The molecule has 214 valence electrons. The van der Waals surface area contributed by atoms with Gasteiger partial charge in [0.15, 0.2) is 17.3 Å². The quantitative estimate of drug-likeness (QED) is 0.216. The maximum absolute atomic E-state index is 14.6. The number of allylic oxidation sites excluding steroid dienone is 1. The van der Waals surface area contributed by atoms with Crippen LogP contribution in [0.1, 0.15) is 81.9 Å². The number of hydrogen-bond donors (Lipinski definition) is 0. The summed E-state index contributed by atoms with van der Waals surface area (Å²) in [5, 5.41) is 0. The first-order valence-electron chi connectivity index (χ1n) is 13.4. The lowest BCUT2D eigenvalue weighted by molar-refractivity contribution is -0.275. The summed E-state index contributed by atoms with van der Waals surface area (Å²) in [6, 6.07) is 4.53. The lowest BCUT2D eigenvalue weighted by Crippen LogP contribution is -2.24. The van der Waals surface area contributed by atoms with Crippen molar-refractivity contribution in [3.05, 3.63) is 65.3 Å². The second kappa shape index (κ2) is 12.6. The van der Waals surface area contributed by atoms with E-state index in [1.165, 1.54) is 24.3 Å². The fourth-order valence-corrected chi connectivity index (χ4v) is 5.42. The van der Waals surface area contributed by atoms with Crippen molar-refractivity contribution in [3.8, 4) is 11.5 Å². The number of rotatable bonds is 10. The van der Waals surface area contributed by atoms with Crippen molar-refractivity contribution < 1.29 is 40.6 Å². The summed E-state index contributed by atoms with van der Waals surface area (Å²) in [6.45, 7) is 2.79. The van der Waals surface area contributed by atoms with Gasteiger partial charge >= 0.3 is 12.5 Å². The number of hydrogen-bond acceptors (Lipinski definition) is 4. The summed E-state index contributed by atoms with van der Waals surface area (Å²) in [4.78, 5) is 3.89. The third-order valence-corrected chi connectivity index (χ3v) is 7.51. The molecule has 2 aliphatic rings. The van der Waals surface area contributed by atoms with Crippen LogP contribution in [-0.4, -0.2) is 24.1 Å². The fourth-order valence-electron chi connectivity index (χ4n) is 5.42. The number of benzene rings is 1. The summed E-state index contributed by atoms with van der Waals surface area (Å²) in [7, 11) is 0. The molecule has 0 N–H and O–H groups in total. The first-order valence-corrected chi connectivity index (χ1v) is 13.4. The number of ether oxygens (including phenoxy) is 3. The highest BCUT2D eigenvalue weighted by Gasteiger charge is 2.37. The van der Waals surface area contributed by atoms with Crippen molar-refractivity contribution in [1.82, 2.24) is 4.98 Å². The summed E-state index contributed by atoms with van der Waals surface area (Å²) >= 11 is 0. The van der Waals surface area contributed by atoms with Crippen molar-refractivity contribution >= 4 is 0 Å². The Morgan fingerprint density at radius 1 is 0.949 bits per heavy atom. The Kier molecular flexibility index (Phi) is 9.46. The van der Waals surface area contributed by atoms with Crippen molar-refractivity contribution in [3.63, 3.8) is 0 Å². The van der Waals surface area contributed by atoms with Gasteiger partial charge in [0, 0.05) is 18.9 Å². The number of aromatic nitrogens is 1. The van der Waals surface area contributed by atoms with Gasteiger partial charge in [-0.1, -0.05) is 17.7 Å². The highest BCUT2D eigenvalue weighted by molar-refractivity contribution is 5.34. The number of halogens is 6. The van der Waals surface area contributed by atoms with E-state index >= 15 is 0 Å². The molecule has 0 aliphatic heterocycles. The molecule has 1 aromatic heterocycles. The monoisotopic (exact) mass is 557 g/mol. The Balaban J connectivity index is 1.26. The SMILES string of the molecule is CCOC1CC=C(CCC2CCC(c3ccc(C(F)(F)Oc4ccc(OC(F)(F)F)c(F)c4)nc3)CC2)CC1. The van der Waals surface area contributed by atoms with E-state index in [2.05, 4.69) is 20.5 Å². The van der Waals surface area contributed by atoms with Gasteiger partial charge in [-0.15, -0.1) is 13.2 Å². The highest BCUT2D eigenvalue weighted by Crippen LogP contribution is 2.39. The largest absolute Gasteiger partial charge is 0.573 e. The smallest absolute Gasteiger partial charge is 0.428 e. The van der Waals surface area contributed by atoms with E-state index < -0.39 is 35.5 Å². The Bertz CT molecular complexity index is 1110. The van der Waals surface area contributed by atoms with E-state index in [4.69, 9.17) is 4.74 Å². The first kappa shape index (κ1) is 29.2. The van der Waals surface area contributed by atoms with E-state index in [1.54, 1.807) is 6.07 Å². The number of pyridine rings is 1. The molecule has 0 bridgehead atoms. The van der Waals surface area contributed by atoms with Crippen LogP contribution >= 0.6 is 0 Å². The van der Waals surface area contributed by atoms with Crippen LogP contribution in [0.4, 0.5) is 26.3 Å². The molecule has 1 aromatic carbocycles. The predicted molar refractivity (Wildman–Crippen MR) is 133 cm³/mol. The molecule has 0 radical (unpaired) electrons. The molecule has 39 heavy (non-hydrogen) atoms. The van der Waals surface area contributed by atoms with Gasteiger partial charge in [-0.2, -0.15) is 8.78 Å². The third kappa shape index (κ3) is 8.37. The van der Waals surface area contributed by atoms with Gasteiger partial charge in [0.05, 0.1) is 6.10 Å². The van der Waals surface area contributed by atoms with Crippen LogP contribution in [0.15, 0.2) is 48.2 Å². The molecular formula is C29H33F6NO3. The molecule has 0 saturated heterocycles. The fraction of sp³-hybridized carbons (Fsp3) is 0.552. The molecule has 4 rings (SSSR count). The van der Waals surface area contributed by atoms with Crippen LogP contribution in [0.2, 0.25) is 0 Å². The van der Waals surface area contributed by atoms with Gasteiger partial charge in [-0.05, 0) is 100 Å². The van der Waals surface area contributed by atoms with Crippen molar-refractivity contribution in [2.75, 3.05) is 6.61 Å². The molecule has 1 fully saturated rings. The Morgan fingerprint density at radius 3 is 2.31 bits per heavy atom. The standard InChI is InChI=1S/C29H33F6NO3/c1-2-37-23-12-7-20(8-13-23)4-3-19-5-9-21(10-6-19)22-11-16-27(36-18-22)28(31,32)38-24-14-15-26(25(30)17-24)39-29(33,34)35/h7,11,14-19,21,23H,2-6,8-10,12-13H2,1H3. The van der Waals surface area contributed by atoms with E-state index in [0.29, 0.717) is 24.2 Å². The molecule has 4 nitrogen and oxygen atoms in total. The lowest BCUT2D eigenvalue weighted by Gasteiger charge is -2.29. The normalized spacial score (nSPS) is 22.3. The van der Waals surface area contributed by atoms with Crippen molar-refractivity contribution in [2.24, 2.45) is 5.92 Å². The molecule has 2 aliphatic carbocycles. The molecule has 10 heteroatoms. The Morgan fingerprint density at radius 2 is 1.72 bits per heavy atom. The first-order chi connectivity index (χ1) is 18.5. The summed E-state index contributed by atoms with van der Waals surface area (Å²) in [6.07, 6.45) is 4.70. The zero-order valence-corrected chi connectivity index (χ0v) is 21.8. The maximum atomic E-state index is 14.6. The van der Waals surface area contributed by atoms with Gasteiger partial charge in [0.25, 0.3) is 0 Å². The van der Waals surface area contributed by atoms with Crippen LogP contribution in [-0.2, 0) is 10.8 Å². The minimum absolute atomic E-state index is 0.244. The molecular weight excluding hydrogens is 524 g/mol. The average Bonchev–Trinajstić information content (AvgIpc) is 2.90. The number of alkyl halides is 5. The summed E-state index contributed by atoms with van der Waals surface area (Å²) in [5.41, 5.74) is 1.73.